The van der Waals surface area contributed by atoms with Crippen molar-refractivity contribution in [1.29, 1.82) is 0 Å². The number of carbonyl (C=O) groups excluding carboxylic acids is 2. The van der Waals surface area contributed by atoms with Crippen LogP contribution in [0.2, 0.25) is 0 Å². The third kappa shape index (κ3) is 3.46. The summed E-state index contributed by atoms with van der Waals surface area (Å²) in [6.07, 6.45) is 1.74. The molecule has 0 saturated heterocycles. The van der Waals surface area contributed by atoms with E-state index in [2.05, 4.69) is 15.6 Å². The molecule has 146 valence electrons. The first-order valence-corrected chi connectivity index (χ1v) is 9.49. The third-order valence-electron chi connectivity index (χ3n) is 4.93. The second-order valence-electron chi connectivity index (χ2n) is 6.99. The van der Waals surface area contributed by atoms with Gasteiger partial charge >= 0.3 is 0 Å². The molecule has 6 nitrogen and oxygen atoms in total. The van der Waals surface area contributed by atoms with Gasteiger partial charge in [0.1, 0.15) is 5.75 Å². The molecular weight excluding hydrogens is 378 g/mol. The van der Waals surface area contributed by atoms with Crippen molar-refractivity contribution in [2.75, 3.05) is 17.2 Å². The number of aromatic nitrogens is 1. The smallest absolute Gasteiger partial charge is 0.262 e. The number of carbonyl (C=O) groups is 2. The average Bonchev–Trinajstić information content (AvgIpc) is 2.78. The predicted molar refractivity (Wildman–Crippen MR) is 116 cm³/mol. The monoisotopic (exact) mass is 395 g/mol. The first-order valence-electron chi connectivity index (χ1n) is 9.49. The van der Waals surface area contributed by atoms with Gasteiger partial charge < -0.3 is 15.4 Å². The Morgan fingerprint density at radius 2 is 1.87 bits per heavy atom. The second-order valence-corrected chi connectivity index (χ2v) is 6.99. The Bertz CT molecular complexity index is 1300. The Morgan fingerprint density at radius 1 is 0.967 bits per heavy atom. The first kappa shape index (κ1) is 17.9. The van der Waals surface area contributed by atoms with Crippen LogP contribution in [0.1, 0.15) is 10.4 Å². The van der Waals surface area contributed by atoms with E-state index in [1.165, 1.54) is 0 Å². The molecule has 2 heterocycles. The number of ether oxygens (including phenoxy) is 1. The van der Waals surface area contributed by atoms with Crippen molar-refractivity contribution in [3.05, 3.63) is 84.6 Å². The Morgan fingerprint density at radius 3 is 2.80 bits per heavy atom. The molecule has 0 bridgehead atoms. The summed E-state index contributed by atoms with van der Waals surface area (Å²) in [5, 5.41) is 6.71. The van der Waals surface area contributed by atoms with Crippen molar-refractivity contribution in [2.24, 2.45) is 0 Å². The molecule has 0 spiro atoms. The summed E-state index contributed by atoms with van der Waals surface area (Å²) in [6, 6.07) is 22.4. The number of pyridine rings is 1. The summed E-state index contributed by atoms with van der Waals surface area (Å²) in [7, 11) is 0. The molecule has 3 aromatic carbocycles. The molecule has 2 N–H and O–H groups in total. The number of anilines is 2. The highest BCUT2D eigenvalue weighted by Crippen LogP contribution is 2.33. The highest BCUT2D eigenvalue weighted by Gasteiger charge is 2.16. The fourth-order valence-corrected chi connectivity index (χ4v) is 3.46. The minimum atomic E-state index is -0.199. The normalized spacial score (nSPS) is 12.6. The highest BCUT2D eigenvalue weighted by atomic mass is 16.5. The topological polar surface area (TPSA) is 80.3 Å². The van der Waals surface area contributed by atoms with Gasteiger partial charge in [-0.25, -0.2) is 0 Å². The van der Waals surface area contributed by atoms with E-state index in [1.54, 1.807) is 12.3 Å². The lowest BCUT2D eigenvalue weighted by atomic mass is 10.0. The molecule has 6 heteroatoms. The molecule has 1 aromatic heterocycles. The maximum absolute atomic E-state index is 12.8. The fourth-order valence-electron chi connectivity index (χ4n) is 3.46. The van der Waals surface area contributed by atoms with E-state index in [4.69, 9.17) is 4.74 Å². The molecule has 0 unspecified atom stereocenters. The molecule has 0 aliphatic carbocycles. The van der Waals surface area contributed by atoms with Gasteiger partial charge in [-0.3, -0.25) is 14.6 Å². The van der Waals surface area contributed by atoms with Gasteiger partial charge in [-0.05, 0) is 59.7 Å². The molecule has 1 aliphatic heterocycles. The Hall–Kier alpha value is -4.19. The molecule has 0 radical (unpaired) electrons. The van der Waals surface area contributed by atoms with E-state index in [0.29, 0.717) is 22.7 Å². The van der Waals surface area contributed by atoms with Crippen LogP contribution in [0.4, 0.5) is 11.4 Å². The standard InChI is InChI=1S/C24H17N3O3/c28-23-14-30-22-9-6-16(13-21(22)27-23)15-3-1-4-18(11-15)24(29)26-19-7-8-20-17(12-19)5-2-10-25-20/h1-13H,14H2,(H,26,29)(H,27,28). The minimum absolute atomic E-state index is 0.0207. The van der Waals surface area contributed by atoms with E-state index in [9.17, 15) is 9.59 Å². The number of nitrogens with zero attached hydrogens (tertiary/aromatic N) is 1. The van der Waals surface area contributed by atoms with Crippen molar-refractivity contribution < 1.29 is 14.3 Å². The van der Waals surface area contributed by atoms with Gasteiger partial charge in [0, 0.05) is 22.8 Å². The molecule has 5 rings (SSSR count). The zero-order valence-electron chi connectivity index (χ0n) is 15.9. The first-order chi connectivity index (χ1) is 14.7. The van der Waals surface area contributed by atoms with Gasteiger partial charge in [0.25, 0.3) is 11.8 Å². The van der Waals surface area contributed by atoms with Gasteiger partial charge in [0.15, 0.2) is 6.61 Å². The van der Waals surface area contributed by atoms with Gasteiger partial charge in [-0.15, -0.1) is 0 Å². The van der Waals surface area contributed by atoms with Crippen LogP contribution < -0.4 is 15.4 Å². The molecule has 0 atom stereocenters. The Labute approximate surface area is 172 Å². The van der Waals surface area contributed by atoms with Crippen LogP contribution in [-0.2, 0) is 4.79 Å². The number of benzene rings is 3. The number of hydrogen-bond donors (Lipinski definition) is 2. The van der Waals surface area contributed by atoms with Crippen LogP contribution in [-0.4, -0.2) is 23.4 Å². The zero-order chi connectivity index (χ0) is 20.5. The summed E-state index contributed by atoms with van der Waals surface area (Å²) in [5.41, 5.74) is 4.50. The highest BCUT2D eigenvalue weighted by molar-refractivity contribution is 6.06. The Kier molecular flexibility index (Phi) is 4.37. The van der Waals surface area contributed by atoms with Crippen LogP contribution in [0.15, 0.2) is 79.0 Å². The number of rotatable bonds is 3. The lowest BCUT2D eigenvalue weighted by Gasteiger charge is -2.18. The number of nitrogens with one attached hydrogen (secondary N) is 2. The number of amides is 2. The second kappa shape index (κ2) is 7.33. The van der Waals surface area contributed by atoms with E-state index >= 15 is 0 Å². The van der Waals surface area contributed by atoms with Crippen LogP contribution in [0.5, 0.6) is 5.75 Å². The number of hydrogen-bond acceptors (Lipinski definition) is 4. The summed E-state index contributed by atoms with van der Waals surface area (Å²) in [6.45, 7) is 0.0207. The van der Waals surface area contributed by atoms with Crippen molar-refractivity contribution >= 4 is 34.1 Å². The molecular formula is C24H17N3O3. The quantitative estimate of drug-likeness (QED) is 0.536. The van der Waals surface area contributed by atoms with Crippen LogP contribution in [0.25, 0.3) is 22.0 Å². The van der Waals surface area contributed by atoms with E-state index in [0.717, 1.165) is 22.0 Å². The third-order valence-corrected chi connectivity index (χ3v) is 4.93. The predicted octanol–water partition coefficient (Wildman–Crippen LogP) is 4.49. The fraction of sp³-hybridized carbons (Fsp3) is 0.0417. The Balaban J connectivity index is 1.41. The lowest BCUT2D eigenvalue weighted by Crippen LogP contribution is -2.25. The molecule has 0 saturated carbocycles. The maximum atomic E-state index is 12.8. The lowest BCUT2D eigenvalue weighted by molar-refractivity contribution is -0.118. The molecule has 0 fully saturated rings. The van der Waals surface area contributed by atoms with E-state index < -0.39 is 0 Å². The maximum Gasteiger partial charge on any atom is 0.262 e. The van der Waals surface area contributed by atoms with Crippen molar-refractivity contribution in [1.82, 2.24) is 4.98 Å². The van der Waals surface area contributed by atoms with Gasteiger partial charge in [0.05, 0.1) is 11.2 Å². The van der Waals surface area contributed by atoms with Crippen molar-refractivity contribution in [3.8, 4) is 16.9 Å². The SMILES string of the molecule is O=C1COc2ccc(-c3cccc(C(=O)Nc4ccc5ncccc5c4)c3)cc2N1. The number of fused-ring (bicyclic) bond motifs is 2. The largest absolute Gasteiger partial charge is 0.482 e. The van der Waals surface area contributed by atoms with Gasteiger partial charge in [-0.2, -0.15) is 0 Å². The average molecular weight is 395 g/mol. The van der Waals surface area contributed by atoms with E-state index in [1.807, 2.05) is 66.7 Å². The van der Waals surface area contributed by atoms with Gasteiger partial charge in [0.2, 0.25) is 0 Å². The molecule has 1 aliphatic rings. The summed E-state index contributed by atoms with van der Waals surface area (Å²) < 4.78 is 5.40. The zero-order valence-corrected chi connectivity index (χ0v) is 15.9. The van der Waals surface area contributed by atoms with Crippen molar-refractivity contribution in [2.45, 2.75) is 0 Å². The van der Waals surface area contributed by atoms with Crippen LogP contribution in [0, 0.1) is 0 Å². The van der Waals surface area contributed by atoms with Crippen LogP contribution in [0.3, 0.4) is 0 Å². The minimum Gasteiger partial charge on any atom is -0.482 e. The molecule has 2 amide bonds. The van der Waals surface area contributed by atoms with E-state index in [-0.39, 0.29) is 18.4 Å². The summed E-state index contributed by atoms with van der Waals surface area (Å²) in [5.74, 6) is 0.256. The van der Waals surface area contributed by atoms with Crippen LogP contribution >= 0.6 is 0 Å². The van der Waals surface area contributed by atoms with Crippen molar-refractivity contribution in [3.63, 3.8) is 0 Å². The molecule has 30 heavy (non-hydrogen) atoms. The molecule has 4 aromatic rings. The summed E-state index contributed by atoms with van der Waals surface area (Å²) >= 11 is 0. The summed E-state index contributed by atoms with van der Waals surface area (Å²) in [4.78, 5) is 28.7. The van der Waals surface area contributed by atoms with Gasteiger partial charge in [-0.1, -0.05) is 24.3 Å².